The summed E-state index contributed by atoms with van der Waals surface area (Å²) in [6, 6.07) is 11.1. The Morgan fingerprint density at radius 3 is 2.43 bits per heavy atom. The van der Waals surface area contributed by atoms with Crippen molar-refractivity contribution in [3.8, 4) is 0 Å². The van der Waals surface area contributed by atoms with Gasteiger partial charge in [0.05, 0.1) is 17.7 Å². The van der Waals surface area contributed by atoms with Crippen molar-refractivity contribution < 1.29 is 22.4 Å². The maximum atomic E-state index is 12.2. The lowest BCUT2D eigenvalue weighted by Crippen LogP contribution is -2.41. The van der Waals surface area contributed by atoms with Crippen LogP contribution in [0.15, 0.2) is 56.9 Å². The molecule has 28 heavy (non-hydrogen) atoms. The Kier molecular flexibility index (Phi) is 7.47. The minimum Gasteiger partial charge on any atom is -0.459 e. The summed E-state index contributed by atoms with van der Waals surface area (Å²) in [4.78, 5) is 25.0. The molecule has 2 rings (SSSR count). The second-order valence-electron chi connectivity index (χ2n) is 5.62. The average Bonchev–Trinajstić information content (AvgIpc) is 3.16. The van der Waals surface area contributed by atoms with Gasteiger partial charge in [-0.1, -0.05) is 18.2 Å². The van der Waals surface area contributed by atoms with Gasteiger partial charge in [-0.05, 0) is 38.1 Å². The molecule has 0 aliphatic rings. The second-order valence-corrected chi connectivity index (χ2v) is 7.39. The summed E-state index contributed by atoms with van der Waals surface area (Å²) in [7, 11) is -3.64. The Bertz CT molecular complexity index is 934. The van der Waals surface area contributed by atoms with Gasteiger partial charge in [0.15, 0.2) is 0 Å². The second kappa shape index (κ2) is 9.81. The fraction of sp³-hybridized carbons (Fsp3) is 0.278. The molecular weight excluding hydrogens is 384 g/mol. The third-order valence-electron chi connectivity index (χ3n) is 3.78. The molecule has 0 atom stereocenters. The van der Waals surface area contributed by atoms with Gasteiger partial charge in [-0.25, -0.2) is 18.6 Å². The van der Waals surface area contributed by atoms with Crippen molar-refractivity contribution in [1.82, 2.24) is 15.0 Å². The number of hydrazone groups is 1. The SMILES string of the molecule is CCN(CC)C(=O)C(=O)N/N=C/c1ccc(CNS(=O)(=O)c2ccccc2)o1. The standard InChI is InChI=1S/C18H22N4O5S/c1-3-22(4-2)18(24)17(23)21-19-12-14-10-11-15(27-14)13-20-28(25,26)16-8-6-5-7-9-16/h5-12,20H,3-4,13H2,1-2H3,(H,21,23)/b19-12+. The fourth-order valence-corrected chi connectivity index (χ4v) is 3.28. The van der Waals surface area contributed by atoms with Crippen LogP contribution in [0.2, 0.25) is 0 Å². The molecule has 1 aromatic carbocycles. The summed E-state index contributed by atoms with van der Waals surface area (Å²) < 4.78 is 32.2. The van der Waals surface area contributed by atoms with E-state index in [-0.39, 0.29) is 11.4 Å². The van der Waals surface area contributed by atoms with E-state index in [9.17, 15) is 18.0 Å². The van der Waals surface area contributed by atoms with Gasteiger partial charge < -0.3 is 9.32 Å². The monoisotopic (exact) mass is 406 g/mol. The van der Waals surface area contributed by atoms with E-state index in [0.29, 0.717) is 24.6 Å². The molecule has 2 aromatic rings. The third-order valence-corrected chi connectivity index (χ3v) is 5.19. The van der Waals surface area contributed by atoms with E-state index >= 15 is 0 Å². The van der Waals surface area contributed by atoms with Crippen LogP contribution in [0.25, 0.3) is 0 Å². The first-order valence-corrected chi connectivity index (χ1v) is 10.1. The van der Waals surface area contributed by atoms with Crippen LogP contribution >= 0.6 is 0 Å². The maximum Gasteiger partial charge on any atom is 0.329 e. The molecule has 10 heteroatoms. The van der Waals surface area contributed by atoms with Gasteiger partial charge >= 0.3 is 11.8 Å². The van der Waals surface area contributed by atoms with Crippen LogP contribution in [0.5, 0.6) is 0 Å². The number of rotatable bonds is 8. The number of carbonyl (C=O) groups excluding carboxylic acids is 2. The number of sulfonamides is 1. The topological polar surface area (TPSA) is 121 Å². The smallest absolute Gasteiger partial charge is 0.329 e. The van der Waals surface area contributed by atoms with E-state index in [2.05, 4.69) is 15.2 Å². The van der Waals surface area contributed by atoms with E-state index in [1.54, 1.807) is 44.2 Å². The fourth-order valence-electron chi connectivity index (χ4n) is 2.26. The van der Waals surface area contributed by atoms with Crippen molar-refractivity contribution in [2.75, 3.05) is 13.1 Å². The number of carbonyl (C=O) groups is 2. The summed E-state index contributed by atoms with van der Waals surface area (Å²) in [5.74, 6) is -0.851. The lowest BCUT2D eigenvalue weighted by atomic mass is 10.4. The highest BCUT2D eigenvalue weighted by atomic mass is 32.2. The summed E-state index contributed by atoms with van der Waals surface area (Å²) >= 11 is 0. The zero-order valence-corrected chi connectivity index (χ0v) is 16.4. The molecular formula is C18H22N4O5S. The molecule has 1 aromatic heterocycles. The third kappa shape index (κ3) is 5.76. The number of nitrogens with zero attached hydrogens (tertiary/aromatic N) is 2. The molecule has 1 heterocycles. The Labute approximate surface area is 163 Å². The average molecular weight is 406 g/mol. The predicted molar refractivity (Wildman–Crippen MR) is 103 cm³/mol. The first-order chi connectivity index (χ1) is 13.4. The highest BCUT2D eigenvalue weighted by Gasteiger charge is 2.18. The lowest BCUT2D eigenvalue weighted by molar-refractivity contribution is -0.145. The van der Waals surface area contributed by atoms with Gasteiger partial charge in [-0.3, -0.25) is 9.59 Å². The summed E-state index contributed by atoms with van der Waals surface area (Å²) in [5, 5.41) is 3.68. The Morgan fingerprint density at radius 2 is 1.79 bits per heavy atom. The maximum absolute atomic E-state index is 12.2. The highest BCUT2D eigenvalue weighted by molar-refractivity contribution is 7.89. The van der Waals surface area contributed by atoms with Crippen LogP contribution in [0.1, 0.15) is 25.4 Å². The van der Waals surface area contributed by atoms with Crippen LogP contribution in [0.3, 0.4) is 0 Å². The molecule has 0 fully saturated rings. The van der Waals surface area contributed by atoms with Crippen molar-refractivity contribution in [2.45, 2.75) is 25.3 Å². The highest BCUT2D eigenvalue weighted by Crippen LogP contribution is 2.10. The lowest BCUT2D eigenvalue weighted by Gasteiger charge is -2.16. The van der Waals surface area contributed by atoms with Gasteiger partial charge in [0.1, 0.15) is 11.5 Å². The van der Waals surface area contributed by atoms with Gasteiger partial charge in [0.25, 0.3) is 0 Å². The molecule has 150 valence electrons. The predicted octanol–water partition coefficient (Wildman–Crippen LogP) is 1.08. The van der Waals surface area contributed by atoms with E-state index in [1.807, 2.05) is 0 Å². The van der Waals surface area contributed by atoms with Gasteiger partial charge in [-0.2, -0.15) is 5.10 Å². The minimum atomic E-state index is -3.64. The number of furan rings is 1. The molecule has 0 bridgehead atoms. The van der Waals surface area contributed by atoms with Crippen LogP contribution in [-0.4, -0.2) is 44.4 Å². The molecule has 0 aliphatic heterocycles. The van der Waals surface area contributed by atoms with Gasteiger partial charge in [0, 0.05) is 13.1 Å². The van der Waals surface area contributed by atoms with E-state index in [1.165, 1.54) is 23.2 Å². The van der Waals surface area contributed by atoms with E-state index in [4.69, 9.17) is 4.42 Å². The summed E-state index contributed by atoms with van der Waals surface area (Å²) in [6.45, 7) is 4.35. The molecule has 2 amide bonds. The molecule has 0 saturated carbocycles. The largest absolute Gasteiger partial charge is 0.459 e. The Morgan fingerprint density at radius 1 is 1.11 bits per heavy atom. The summed E-state index contributed by atoms with van der Waals surface area (Å²) in [6.07, 6.45) is 1.22. The molecule has 9 nitrogen and oxygen atoms in total. The normalized spacial score (nSPS) is 11.5. The van der Waals surface area contributed by atoms with Gasteiger partial charge in [-0.15, -0.1) is 0 Å². The van der Waals surface area contributed by atoms with Crippen molar-refractivity contribution in [3.63, 3.8) is 0 Å². The van der Waals surface area contributed by atoms with Crippen molar-refractivity contribution >= 4 is 28.1 Å². The van der Waals surface area contributed by atoms with Crippen molar-refractivity contribution in [2.24, 2.45) is 5.10 Å². The van der Waals surface area contributed by atoms with Crippen molar-refractivity contribution in [1.29, 1.82) is 0 Å². The quantitative estimate of drug-likeness (QED) is 0.386. The van der Waals surface area contributed by atoms with Crippen LogP contribution in [0.4, 0.5) is 0 Å². The zero-order chi connectivity index (χ0) is 20.6. The van der Waals surface area contributed by atoms with E-state index < -0.39 is 21.8 Å². The molecule has 0 spiro atoms. The minimum absolute atomic E-state index is 0.0438. The number of amides is 2. The van der Waals surface area contributed by atoms with Crippen molar-refractivity contribution in [3.05, 3.63) is 54.0 Å². The van der Waals surface area contributed by atoms with Gasteiger partial charge in [0.2, 0.25) is 10.0 Å². The first-order valence-electron chi connectivity index (χ1n) is 8.63. The molecule has 0 unspecified atom stereocenters. The first kappa shape index (κ1) is 21.3. The van der Waals surface area contributed by atoms with E-state index in [0.717, 1.165) is 0 Å². The van der Waals surface area contributed by atoms with Crippen LogP contribution < -0.4 is 10.1 Å². The molecule has 0 radical (unpaired) electrons. The number of hydrogen-bond acceptors (Lipinski definition) is 6. The zero-order valence-electron chi connectivity index (χ0n) is 15.6. The Hall–Kier alpha value is -2.98. The molecule has 0 aliphatic carbocycles. The number of nitrogens with one attached hydrogen (secondary N) is 2. The van der Waals surface area contributed by atoms with Crippen LogP contribution in [0, 0.1) is 0 Å². The Balaban J connectivity index is 1.89. The van der Waals surface area contributed by atoms with Crippen LogP contribution in [-0.2, 0) is 26.2 Å². The molecule has 2 N–H and O–H groups in total. The number of hydrogen-bond donors (Lipinski definition) is 2. The summed E-state index contributed by atoms with van der Waals surface area (Å²) in [5.41, 5.74) is 2.13. The number of benzene rings is 1. The molecule has 0 saturated heterocycles. The number of likely N-dealkylation sites (N-methyl/N-ethyl adjacent to an activating group) is 1.